The highest BCUT2D eigenvalue weighted by atomic mass is 15.1. The van der Waals surface area contributed by atoms with Gasteiger partial charge in [-0.3, -0.25) is 0 Å². The minimum Gasteiger partial charge on any atom is -0.399 e. The molecule has 0 aliphatic heterocycles. The Kier molecular flexibility index (Phi) is 10.2. The van der Waals surface area contributed by atoms with Gasteiger partial charge < -0.3 is 10.6 Å². The van der Waals surface area contributed by atoms with E-state index in [1.54, 1.807) is 0 Å². The molecule has 0 aliphatic rings. The summed E-state index contributed by atoms with van der Waals surface area (Å²) in [5.41, 5.74) is 20.2. The minimum atomic E-state index is -0.431. The van der Waals surface area contributed by atoms with Gasteiger partial charge in [-0.25, -0.2) is 0 Å². The Hall–Kier alpha value is -6.38. The minimum absolute atomic E-state index is 0.102. The topological polar surface area (TPSA) is 29.3 Å². The number of hydrogen-bond donors (Lipinski definition) is 1. The number of benzene rings is 7. The fourth-order valence-electron chi connectivity index (χ4n) is 7.36. The van der Waals surface area contributed by atoms with Crippen LogP contribution in [0.3, 0.4) is 0 Å². The number of anilines is 1. The van der Waals surface area contributed by atoms with Gasteiger partial charge in [0.25, 0.3) is 0 Å². The summed E-state index contributed by atoms with van der Waals surface area (Å²) < 4.78 is 0. The quantitative estimate of drug-likeness (QED) is 0.0834. The van der Waals surface area contributed by atoms with E-state index in [9.17, 15) is 0 Å². The molecule has 0 saturated heterocycles. The maximum atomic E-state index is 5.94. The summed E-state index contributed by atoms with van der Waals surface area (Å²) in [5, 5.41) is 0. The largest absolute Gasteiger partial charge is 0.399 e. The molecule has 2 heteroatoms. The van der Waals surface area contributed by atoms with E-state index in [4.69, 9.17) is 12.3 Å². The summed E-state index contributed by atoms with van der Waals surface area (Å²) in [5.74, 6) is 0. The summed E-state index contributed by atoms with van der Waals surface area (Å²) in [4.78, 5) is 2.36. The summed E-state index contributed by atoms with van der Waals surface area (Å²) >= 11 is 0. The van der Waals surface area contributed by atoms with Crippen LogP contribution in [-0.2, 0) is 5.41 Å². The van der Waals surface area contributed by atoms with E-state index in [-0.39, 0.29) is 6.04 Å². The molecule has 1 unspecified atom stereocenters. The number of nitrogens with zero attached hydrogens (tertiary/aromatic N) is 1. The van der Waals surface area contributed by atoms with Gasteiger partial charge in [0.2, 0.25) is 0 Å². The van der Waals surface area contributed by atoms with Crippen LogP contribution < -0.4 is 5.73 Å². The zero-order chi connectivity index (χ0) is 36.8. The number of hydrogen-bond acceptors (Lipinski definition) is 2. The Morgan fingerprint density at radius 1 is 0.585 bits per heavy atom. The summed E-state index contributed by atoms with van der Waals surface area (Å²) in [6.07, 6.45) is 2.25. The molecule has 0 heterocycles. The third-order valence-corrected chi connectivity index (χ3v) is 10.7. The average Bonchev–Trinajstić information content (AvgIpc) is 3.23. The fourth-order valence-corrected chi connectivity index (χ4v) is 7.36. The molecule has 0 aliphatic carbocycles. The zero-order valence-electron chi connectivity index (χ0n) is 30.8. The van der Waals surface area contributed by atoms with E-state index in [0.29, 0.717) is 0 Å². The highest BCUT2D eigenvalue weighted by Gasteiger charge is 2.34. The van der Waals surface area contributed by atoms with Gasteiger partial charge in [0.05, 0.1) is 6.04 Å². The summed E-state index contributed by atoms with van der Waals surface area (Å²) in [6.45, 7) is 9.33. The molecule has 0 spiro atoms. The van der Waals surface area contributed by atoms with Crippen molar-refractivity contribution in [3.8, 4) is 22.3 Å². The first-order valence-electron chi connectivity index (χ1n) is 18.3. The van der Waals surface area contributed by atoms with Crippen molar-refractivity contribution in [1.82, 2.24) is 4.90 Å². The first kappa shape index (κ1) is 35.0. The fraction of sp³-hybridized carbons (Fsp3) is 0.0980. The van der Waals surface area contributed by atoms with Crippen molar-refractivity contribution in [1.29, 1.82) is 0 Å². The van der Waals surface area contributed by atoms with Crippen molar-refractivity contribution < 1.29 is 0 Å². The van der Waals surface area contributed by atoms with Gasteiger partial charge in [-0.15, -0.1) is 0 Å². The van der Waals surface area contributed by atoms with Crippen molar-refractivity contribution in [3.05, 3.63) is 234 Å². The zero-order valence-corrected chi connectivity index (χ0v) is 30.8. The van der Waals surface area contributed by atoms with Crippen LogP contribution in [0.15, 0.2) is 201 Å². The molecule has 1 atom stereocenters. The van der Waals surface area contributed by atoms with Crippen LogP contribution in [0.2, 0.25) is 0 Å². The number of rotatable bonds is 11. The van der Waals surface area contributed by atoms with Crippen molar-refractivity contribution >= 4 is 17.0 Å². The van der Waals surface area contributed by atoms with Crippen molar-refractivity contribution in [2.24, 2.45) is 0 Å². The molecule has 53 heavy (non-hydrogen) atoms. The second kappa shape index (κ2) is 15.5. The van der Waals surface area contributed by atoms with Crippen LogP contribution in [-0.4, -0.2) is 11.9 Å². The predicted octanol–water partition coefficient (Wildman–Crippen LogP) is 12.7. The highest BCUT2D eigenvalue weighted by Crippen LogP contribution is 2.44. The molecule has 260 valence electrons. The van der Waals surface area contributed by atoms with E-state index < -0.39 is 5.41 Å². The molecule has 2 N–H and O–H groups in total. The molecule has 0 fully saturated rings. The lowest BCUT2D eigenvalue weighted by molar-refractivity contribution is 0.381. The average molecular weight is 687 g/mol. The van der Waals surface area contributed by atoms with E-state index >= 15 is 0 Å². The predicted molar refractivity (Wildman–Crippen MR) is 226 cm³/mol. The molecule has 0 radical (unpaired) electrons. The Bertz CT molecular complexity index is 2270. The van der Waals surface area contributed by atoms with Crippen LogP contribution in [0.1, 0.15) is 53.3 Å². The van der Waals surface area contributed by atoms with Gasteiger partial charge >= 0.3 is 0 Å². The first-order valence-corrected chi connectivity index (χ1v) is 18.3. The Morgan fingerprint density at radius 2 is 1.08 bits per heavy atom. The van der Waals surface area contributed by atoms with Crippen LogP contribution >= 0.6 is 0 Å². The Morgan fingerprint density at radius 3 is 1.62 bits per heavy atom. The van der Waals surface area contributed by atoms with E-state index in [1.165, 1.54) is 38.9 Å². The van der Waals surface area contributed by atoms with Gasteiger partial charge in [0, 0.05) is 23.8 Å². The lowest BCUT2D eigenvalue weighted by Gasteiger charge is -2.34. The van der Waals surface area contributed by atoms with Gasteiger partial charge in [0.15, 0.2) is 0 Å². The molecular formula is C51H46N2. The molecule has 7 rings (SSSR count). The van der Waals surface area contributed by atoms with Crippen LogP contribution in [0.25, 0.3) is 33.5 Å². The van der Waals surface area contributed by atoms with E-state index in [0.717, 1.165) is 33.6 Å². The number of nitrogen functional groups attached to an aromatic ring is 1. The lowest BCUT2D eigenvalue weighted by atomic mass is 9.68. The smallest absolute Gasteiger partial charge is 0.0511 e. The van der Waals surface area contributed by atoms with Crippen molar-refractivity contribution in [2.45, 2.75) is 25.3 Å². The maximum Gasteiger partial charge on any atom is 0.0511 e. The van der Waals surface area contributed by atoms with Crippen LogP contribution in [0, 0.1) is 0 Å². The van der Waals surface area contributed by atoms with Gasteiger partial charge in [-0.1, -0.05) is 176 Å². The molecule has 2 nitrogen and oxygen atoms in total. The number of nitrogens with two attached hydrogens (primary N) is 1. The summed E-state index contributed by atoms with van der Waals surface area (Å²) in [6, 6.07) is 66.9. The van der Waals surface area contributed by atoms with Gasteiger partial charge in [-0.2, -0.15) is 0 Å². The molecule has 0 amide bonds. The molecule has 0 saturated carbocycles. The highest BCUT2D eigenvalue weighted by molar-refractivity contribution is 5.84. The first-order chi connectivity index (χ1) is 25.8. The maximum absolute atomic E-state index is 5.94. The van der Waals surface area contributed by atoms with Gasteiger partial charge in [0.1, 0.15) is 0 Å². The number of allylic oxidation sites excluding steroid dienone is 2. The van der Waals surface area contributed by atoms with Crippen molar-refractivity contribution in [3.63, 3.8) is 0 Å². The third kappa shape index (κ3) is 7.36. The lowest BCUT2D eigenvalue weighted by Crippen LogP contribution is -2.26. The van der Waals surface area contributed by atoms with Crippen LogP contribution in [0.5, 0.6) is 0 Å². The molecule has 0 aromatic heterocycles. The standard InChI is InChI=1S/C51H46N2/c1-37(35-50(43-19-11-6-12-20-43)53(4)38(2)39-25-27-40(28-26-39)41-29-32-47(52)33-30-41)44-31-34-48(42-17-9-5-10-18-42)49(36-44)51(3,45-21-13-7-14-22-45)46-23-15-8-16-24-46/h5-36,38H,1,52H2,2-4H3/b50-35-. The van der Waals surface area contributed by atoms with E-state index in [2.05, 4.69) is 208 Å². The Balaban J connectivity index is 1.31. The van der Waals surface area contributed by atoms with E-state index in [1.807, 2.05) is 12.1 Å². The molecular weight excluding hydrogens is 641 g/mol. The SMILES string of the molecule is C=C(/C=C(/c1ccccc1)N(C)C(C)c1ccc(-c2ccc(N)cc2)cc1)c1ccc(-c2ccccc2)c(C(C)(c2ccccc2)c2ccccc2)c1. The van der Waals surface area contributed by atoms with Crippen LogP contribution in [0.4, 0.5) is 5.69 Å². The van der Waals surface area contributed by atoms with Crippen molar-refractivity contribution in [2.75, 3.05) is 12.8 Å². The Labute approximate surface area is 315 Å². The third-order valence-electron chi connectivity index (χ3n) is 10.7. The monoisotopic (exact) mass is 686 g/mol. The second-order valence-electron chi connectivity index (χ2n) is 13.9. The van der Waals surface area contributed by atoms with Gasteiger partial charge in [-0.05, 0) is 99.3 Å². The molecule has 0 bridgehead atoms. The summed E-state index contributed by atoms with van der Waals surface area (Å²) in [7, 11) is 2.18. The molecule has 7 aromatic carbocycles. The normalized spacial score (nSPS) is 12.2. The molecule has 7 aromatic rings. The second-order valence-corrected chi connectivity index (χ2v) is 13.9.